The van der Waals surface area contributed by atoms with Gasteiger partial charge in [-0.3, -0.25) is 9.82 Å². The van der Waals surface area contributed by atoms with Crippen molar-refractivity contribution in [2.45, 2.75) is 17.7 Å². The molecule has 2 N–H and O–H groups in total. The first-order valence-corrected chi connectivity index (χ1v) is 8.11. The van der Waals surface area contributed by atoms with Crippen LogP contribution in [-0.2, 0) is 10.0 Å². The molecule has 0 saturated carbocycles. The normalized spacial score (nSPS) is 15.4. The van der Waals surface area contributed by atoms with Gasteiger partial charge in [-0.15, -0.1) is 0 Å². The molecule has 0 spiro atoms. The number of benzene rings is 1. The standard InChI is InChI=1S/C13H15FN4O2S/c14-12-7-10(3-4-13(12)18-5-1-2-6-18)17-21(19,20)11-8-15-16-9-11/h3-4,7-9,17H,1-2,5-6H2,(H,15,16). The van der Waals surface area contributed by atoms with E-state index in [1.165, 1.54) is 18.5 Å². The van der Waals surface area contributed by atoms with E-state index in [1.807, 2.05) is 4.90 Å². The predicted molar refractivity (Wildman–Crippen MR) is 77.2 cm³/mol. The molecule has 0 amide bonds. The van der Waals surface area contributed by atoms with Gasteiger partial charge >= 0.3 is 0 Å². The van der Waals surface area contributed by atoms with E-state index in [0.717, 1.165) is 25.9 Å². The first-order chi connectivity index (χ1) is 10.1. The van der Waals surface area contributed by atoms with Gasteiger partial charge in [-0.25, -0.2) is 12.8 Å². The van der Waals surface area contributed by atoms with Crippen LogP contribution in [0.1, 0.15) is 12.8 Å². The highest BCUT2D eigenvalue weighted by Crippen LogP contribution is 2.27. The molecule has 1 aliphatic rings. The molecule has 0 unspecified atom stereocenters. The first-order valence-electron chi connectivity index (χ1n) is 6.62. The number of hydrogen-bond acceptors (Lipinski definition) is 4. The third kappa shape index (κ3) is 2.85. The Morgan fingerprint density at radius 3 is 2.67 bits per heavy atom. The molecular formula is C13H15FN4O2S. The average molecular weight is 310 g/mol. The van der Waals surface area contributed by atoms with Crippen molar-refractivity contribution in [2.24, 2.45) is 0 Å². The summed E-state index contributed by atoms with van der Waals surface area (Å²) >= 11 is 0. The number of nitrogens with zero attached hydrogens (tertiary/aromatic N) is 2. The van der Waals surface area contributed by atoms with Gasteiger partial charge in [0.25, 0.3) is 10.0 Å². The van der Waals surface area contributed by atoms with Crippen molar-refractivity contribution in [3.05, 3.63) is 36.4 Å². The van der Waals surface area contributed by atoms with Crippen molar-refractivity contribution in [2.75, 3.05) is 22.7 Å². The molecule has 21 heavy (non-hydrogen) atoms. The van der Waals surface area contributed by atoms with Crippen LogP contribution in [-0.4, -0.2) is 31.7 Å². The fourth-order valence-electron chi connectivity index (χ4n) is 2.38. The number of hydrogen-bond donors (Lipinski definition) is 2. The molecule has 112 valence electrons. The van der Waals surface area contributed by atoms with E-state index in [0.29, 0.717) is 5.69 Å². The summed E-state index contributed by atoms with van der Waals surface area (Å²) in [7, 11) is -3.74. The molecular weight excluding hydrogens is 295 g/mol. The Bertz CT molecular complexity index is 725. The second-order valence-electron chi connectivity index (χ2n) is 4.90. The minimum atomic E-state index is -3.74. The number of aromatic nitrogens is 2. The zero-order chi connectivity index (χ0) is 14.9. The van der Waals surface area contributed by atoms with E-state index in [-0.39, 0.29) is 10.6 Å². The lowest BCUT2D eigenvalue weighted by Gasteiger charge is -2.18. The number of aromatic amines is 1. The van der Waals surface area contributed by atoms with Gasteiger partial charge in [-0.2, -0.15) is 5.10 Å². The molecule has 1 aromatic heterocycles. The molecule has 0 atom stereocenters. The van der Waals surface area contributed by atoms with Crippen molar-refractivity contribution in [3.8, 4) is 0 Å². The highest BCUT2D eigenvalue weighted by Gasteiger charge is 2.19. The molecule has 2 heterocycles. The smallest absolute Gasteiger partial charge is 0.265 e. The minimum absolute atomic E-state index is 0.00604. The number of nitrogens with one attached hydrogen (secondary N) is 2. The van der Waals surface area contributed by atoms with Crippen molar-refractivity contribution in [1.29, 1.82) is 0 Å². The minimum Gasteiger partial charge on any atom is -0.369 e. The molecule has 1 fully saturated rings. The quantitative estimate of drug-likeness (QED) is 0.905. The van der Waals surface area contributed by atoms with Gasteiger partial charge in [0, 0.05) is 25.4 Å². The SMILES string of the molecule is O=S(=O)(Nc1ccc(N2CCCC2)c(F)c1)c1cn[nH]c1. The van der Waals surface area contributed by atoms with Gasteiger partial charge in [0.2, 0.25) is 0 Å². The summed E-state index contributed by atoms with van der Waals surface area (Å²) in [5.41, 5.74) is 0.704. The van der Waals surface area contributed by atoms with Gasteiger partial charge in [0.1, 0.15) is 10.7 Å². The zero-order valence-corrected chi connectivity index (χ0v) is 12.0. The Hall–Kier alpha value is -2.09. The third-order valence-corrected chi connectivity index (χ3v) is 4.78. The number of halogens is 1. The Kier molecular flexibility index (Phi) is 3.54. The molecule has 1 aliphatic heterocycles. The van der Waals surface area contributed by atoms with Crippen molar-refractivity contribution < 1.29 is 12.8 Å². The van der Waals surface area contributed by atoms with Crippen LogP contribution in [0.25, 0.3) is 0 Å². The largest absolute Gasteiger partial charge is 0.369 e. The predicted octanol–water partition coefficient (Wildman–Crippen LogP) is 1.95. The molecule has 1 saturated heterocycles. The summed E-state index contributed by atoms with van der Waals surface area (Å²) in [6.45, 7) is 1.66. The fourth-order valence-corrected chi connectivity index (χ4v) is 3.34. The maximum Gasteiger partial charge on any atom is 0.265 e. The Morgan fingerprint density at radius 1 is 1.29 bits per heavy atom. The monoisotopic (exact) mass is 310 g/mol. The maximum absolute atomic E-state index is 14.1. The Labute approximate surface area is 122 Å². The van der Waals surface area contributed by atoms with Crippen LogP contribution in [0.5, 0.6) is 0 Å². The second kappa shape index (κ2) is 5.36. The molecule has 6 nitrogen and oxygen atoms in total. The maximum atomic E-state index is 14.1. The summed E-state index contributed by atoms with van der Waals surface area (Å²) in [4.78, 5) is 1.97. The summed E-state index contributed by atoms with van der Waals surface area (Å²) < 4.78 is 40.5. The van der Waals surface area contributed by atoms with Crippen molar-refractivity contribution in [1.82, 2.24) is 10.2 Å². The van der Waals surface area contributed by atoms with Crippen LogP contribution in [0.15, 0.2) is 35.5 Å². The molecule has 3 rings (SSSR count). The Balaban J connectivity index is 1.82. The molecule has 0 aliphatic carbocycles. The number of H-pyrrole nitrogens is 1. The second-order valence-corrected chi connectivity index (χ2v) is 6.58. The van der Waals surface area contributed by atoms with Crippen LogP contribution in [0.4, 0.5) is 15.8 Å². The fraction of sp³-hybridized carbons (Fsp3) is 0.308. The number of rotatable bonds is 4. The van der Waals surface area contributed by atoms with E-state index in [1.54, 1.807) is 12.1 Å². The van der Waals surface area contributed by atoms with Gasteiger partial charge < -0.3 is 4.90 Å². The van der Waals surface area contributed by atoms with Crippen LogP contribution < -0.4 is 9.62 Å². The lowest BCUT2D eigenvalue weighted by molar-refractivity contribution is 0.601. The number of anilines is 2. The lowest BCUT2D eigenvalue weighted by atomic mass is 10.2. The summed E-state index contributed by atoms with van der Waals surface area (Å²) in [5, 5.41) is 6.02. The third-order valence-electron chi connectivity index (χ3n) is 3.43. The molecule has 8 heteroatoms. The molecule has 0 bridgehead atoms. The van der Waals surface area contributed by atoms with Gasteiger partial charge in [-0.1, -0.05) is 0 Å². The van der Waals surface area contributed by atoms with Gasteiger partial charge in [0.15, 0.2) is 0 Å². The van der Waals surface area contributed by atoms with Crippen LogP contribution in [0.2, 0.25) is 0 Å². The van der Waals surface area contributed by atoms with Gasteiger partial charge in [-0.05, 0) is 25.0 Å². The summed E-state index contributed by atoms with van der Waals surface area (Å²) in [6, 6.07) is 4.37. The molecule has 0 radical (unpaired) electrons. The van der Waals surface area contributed by atoms with Gasteiger partial charge in [0.05, 0.1) is 17.6 Å². The van der Waals surface area contributed by atoms with Crippen LogP contribution in [0, 0.1) is 5.82 Å². The van der Waals surface area contributed by atoms with E-state index < -0.39 is 15.8 Å². The Morgan fingerprint density at radius 2 is 2.05 bits per heavy atom. The van der Waals surface area contributed by atoms with E-state index in [2.05, 4.69) is 14.9 Å². The summed E-state index contributed by atoms with van der Waals surface area (Å²) in [5.74, 6) is -0.427. The first kappa shape index (κ1) is 13.9. The highest BCUT2D eigenvalue weighted by atomic mass is 32.2. The van der Waals surface area contributed by atoms with E-state index in [4.69, 9.17) is 0 Å². The zero-order valence-electron chi connectivity index (χ0n) is 11.2. The van der Waals surface area contributed by atoms with E-state index >= 15 is 0 Å². The molecule has 2 aromatic rings. The average Bonchev–Trinajstić information content (AvgIpc) is 3.12. The topological polar surface area (TPSA) is 78.1 Å². The lowest BCUT2D eigenvalue weighted by Crippen LogP contribution is -2.19. The van der Waals surface area contributed by atoms with Crippen molar-refractivity contribution in [3.63, 3.8) is 0 Å². The number of sulfonamides is 1. The molecule has 1 aromatic carbocycles. The summed E-state index contributed by atoms with van der Waals surface area (Å²) in [6.07, 6.45) is 4.55. The van der Waals surface area contributed by atoms with Crippen LogP contribution in [0.3, 0.4) is 0 Å². The highest BCUT2D eigenvalue weighted by molar-refractivity contribution is 7.92. The van der Waals surface area contributed by atoms with Crippen LogP contribution >= 0.6 is 0 Å². The van der Waals surface area contributed by atoms with E-state index in [9.17, 15) is 12.8 Å². The van der Waals surface area contributed by atoms with Crippen molar-refractivity contribution >= 4 is 21.4 Å².